The number of carbonyl (C=O) groups excluding carboxylic acids is 2. The molecular weight excluding hydrogens is 436 g/mol. The van der Waals surface area contributed by atoms with Crippen LogP contribution in [0, 0.1) is 15.9 Å². The lowest BCUT2D eigenvalue weighted by atomic mass is 10.1. The summed E-state index contributed by atoms with van der Waals surface area (Å²) in [7, 11) is 0. The van der Waals surface area contributed by atoms with Crippen molar-refractivity contribution in [3.05, 3.63) is 99.9 Å². The maximum atomic E-state index is 12.9. The highest BCUT2D eigenvalue weighted by Gasteiger charge is 2.36. The van der Waals surface area contributed by atoms with Crippen molar-refractivity contribution < 1.29 is 36.8 Å². The molecule has 0 aliphatic rings. The van der Waals surface area contributed by atoms with Crippen molar-refractivity contribution in [3.8, 4) is 5.75 Å². The maximum absolute atomic E-state index is 12.9. The normalized spacial score (nSPS) is 10.4. The third kappa shape index (κ3) is 6.62. The second-order valence-electron chi connectivity index (χ2n) is 5.95. The van der Waals surface area contributed by atoms with E-state index in [1.165, 1.54) is 24.3 Å². The number of halogens is 4. The average molecular weight is 450 g/mol. The van der Waals surface area contributed by atoms with Crippen molar-refractivity contribution >= 4 is 23.8 Å². The summed E-state index contributed by atoms with van der Waals surface area (Å²) in [6, 6.07) is 15.3. The summed E-state index contributed by atoms with van der Waals surface area (Å²) in [5, 5.41) is 12.3. The Balaban J connectivity index is 0.000000336. The zero-order valence-corrected chi connectivity index (χ0v) is 16.0. The first-order valence-electron chi connectivity index (χ1n) is 8.70. The van der Waals surface area contributed by atoms with E-state index in [-0.39, 0.29) is 17.8 Å². The van der Waals surface area contributed by atoms with Crippen LogP contribution in [0.25, 0.3) is 0 Å². The number of rotatable bonds is 5. The molecule has 1 amide bonds. The van der Waals surface area contributed by atoms with Gasteiger partial charge < -0.3 is 10.1 Å². The quantitative estimate of drug-likeness (QED) is 0.249. The zero-order chi connectivity index (χ0) is 23.7. The van der Waals surface area contributed by atoms with Gasteiger partial charge in [0.15, 0.2) is 5.75 Å². The van der Waals surface area contributed by atoms with Crippen LogP contribution < -0.4 is 10.1 Å². The van der Waals surface area contributed by atoms with Crippen molar-refractivity contribution in [3.63, 3.8) is 0 Å². The van der Waals surface area contributed by atoms with Crippen molar-refractivity contribution in [2.45, 2.75) is 6.18 Å². The number of amides is 1. The molecular formula is C21H14F4N2O5. The van der Waals surface area contributed by atoms with E-state index in [2.05, 4.69) is 10.1 Å². The SMILES string of the molecule is O=COc1c(C(=O)Nc2ccc(F)cc2)cccc1C(F)(F)F.O=[N+]([O-])c1ccccc1. The first-order valence-corrected chi connectivity index (χ1v) is 8.70. The Kier molecular flexibility index (Phi) is 7.99. The number of alkyl halides is 3. The molecule has 3 rings (SSSR count). The second-order valence-corrected chi connectivity index (χ2v) is 5.95. The molecule has 11 heteroatoms. The summed E-state index contributed by atoms with van der Waals surface area (Å²) in [5.41, 5.74) is -1.42. The Morgan fingerprint density at radius 2 is 1.59 bits per heavy atom. The van der Waals surface area contributed by atoms with E-state index in [0.29, 0.717) is 6.07 Å². The molecule has 0 atom stereocenters. The number of hydrogen-bond acceptors (Lipinski definition) is 5. The summed E-state index contributed by atoms with van der Waals surface area (Å²) in [5.74, 6) is -2.36. The van der Waals surface area contributed by atoms with E-state index in [1.807, 2.05) is 0 Å². The smallest absolute Gasteiger partial charge is 0.420 e. The van der Waals surface area contributed by atoms with Gasteiger partial charge in [-0.2, -0.15) is 13.2 Å². The van der Waals surface area contributed by atoms with Gasteiger partial charge in [0.1, 0.15) is 5.82 Å². The monoisotopic (exact) mass is 450 g/mol. The number of nitro groups is 1. The fraction of sp³-hybridized carbons (Fsp3) is 0.0476. The van der Waals surface area contributed by atoms with Crippen LogP contribution in [0.3, 0.4) is 0 Å². The minimum absolute atomic E-state index is 0.137. The Bertz CT molecular complexity index is 1090. The first kappa shape index (κ1) is 24.0. The number of nitrogens with one attached hydrogen (secondary N) is 1. The number of anilines is 1. The average Bonchev–Trinajstić information content (AvgIpc) is 2.76. The van der Waals surface area contributed by atoms with E-state index >= 15 is 0 Å². The van der Waals surface area contributed by atoms with Gasteiger partial charge >= 0.3 is 6.18 Å². The van der Waals surface area contributed by atoms with Crippen LogP contribution in [0.4, 0.5) is 28.9 Å². The maximum Gasteiger partial charge on any atom is 0.420 e. The summed E-state index contributed by atoms with van der Waals surface area (Å²) in [6.07, 6.45) is -4.80. The molecule has 7 nitrogen and oxygen atoms in total. The number of carbonyl (C=O) groups is 2. The molecule has 1 N–H and O–H groups in total. The lowest BCUT2D eigenvalue weighted by molar-refractivity contribution is -0.384. The molecule has 0 bridgehead atoms. The van der Waals surface area contributed by atoms with Gasteiger partial charge in [-0.25, -0.2) is 4.39 Å². The predicted molar refractivity (Wildman–Crippen MR) is 106 cm³/mol. The minimum atomic E-state index is -4.80. The number of para-hydroxylation sites is 2. The summed E-state index contributed by atoms with van der Waals surface area (Å²) >= 11 is 0. The van der Waals surface area contributed by atoms with Crippen LogP contribution in [-0.2, 0) is 11.0 Å². The molecule has 0 aromatic heterocycles. The van der Waals surface area contributed by atoms with E-state index < -0.39 is 39.7 Å². The highest BCUT2D eigenvalue weighted by Crippen LogP contribution is 2.38. The Morgan fingerprint density at radius 3 is 2.09 bits per heavy atom. The number of nitro benzene ring substituents is 1. The summed E-state index contributed by atoms with van der Waals surface area (Å²) in [6.45, 7) is -0.195. The molecule has 0 saturated heterocycles. The Labute approximate surface area is 178 Å². The standard InChI is InChI=1S/C15H9F4NO3.C6H5NO2/c16-9-4-6-10(7-5-9)20-14(22)11-2-1-3-12(15(17,18)19)13(11)23-8-21;8-7(9)6-4-2-1-3-5-6/h1-8H,(H,20,22);1-5H. The van der Waals surface area contributed by atoms with Gasteiger partial charge in [0, 0.05) is 17.8 Å². The van der Waals surface area contributed by atoms with Crippen LogP contribution in [0.2, 0.25) is 0 Å². The molecule has 0 saturated carbocycles. The third-order valence-electron chi connectivity index (χ3n) is 3.80. The van der Waals surface area contributed by atoms with Gasteiger partial charge in [0.05, 0.1) is 16.1 Å². The summed E-state index contributed by atoms with van der Waals surface area (Å²) in [4.78, 5) is 32.2. The van der Waals surface area contributed by atoms with Gasteiger partial charge in [0.2, 0.25) is 0 Å². The lowest BCUT2D eigenvalue weighted by Crippen LogP contribution is -2.17. The molecule has 0 aliphatic heterocycles. The Morgan fingerprint density at radius 1 is 0.969 bits per heavy atom. The van der Waals surface area contributed by atoms with Gasteiger partial charge in [-0.15, -0.1) is 0 Å². The molecule has 0 radical (unpaired) electrons. The first-order chi connectivity index (χ1) is 15.1. The molecule has 0 unspecified atom stereocenters. The molecule has 0 aliphatic carbocycles. The number of benzene rings is 3. The predicted octanol–water partition coefficient (Wildman–Crippen LogP) is 5.23. The molecule has 3 aromatic rings. The topological polar surface area (TPSA) is 98.5 Å². The van der Waals surface area contributed by atoms with Gasteiger partial charge in [-0.3, -0.25) is 19.7 Å². The number of non-ortho nitro benzene ring substituents is 1. The summed E-state index contributed by atoms with van der Waals surface area (Å²) < 4.78 is 55.9. The van der Waals surface area contributed by atoms with Crippen LogP contribution >= 0.6 is 0 Å². The van der Waals surface area contributed by atoms with Crippen LogP contribution in [-0.4, -0.2) is 17.3 Å². The molecule has 166 valence electrons. The fourth-order valence-corrected chi connectivity index (χ4v) is 2.40. The fourth-order valence-electron chi connectivity index (χ4n) is 2.40. The largest absolute Gasteiger partial charge is 0.427 e. The van der Waals surface area contributed by atoms with Crippen LogP contribution in [0.5, 0.6) is 5.75 Å². The van der Waals surface area contributed by atoms with Crippen molar-refractivity contribution in [2.24, 2.45) is 0 Å². The third-order valence-corrected chi connectivity index (χ3v) is 3.80. The molecule has 0 spiro atoms. The van der Waals surface area contributed by atoms with Crippen LogP contribution in [0.1, 0.15) is 15.9 Å². The van der Waals surface area contributed by atoms with Gasteiger partial charge in [0.25, 0.3) is 18.1 Å². The van der Waals surface area contributed by atoms with Gasteiger partial charge in [-0.1, -0.05) is 24.3 Å². The van der Waals surface area contributed by atoms with Crippen molar-refractivity contribution in [1.29, 1.82) is 0 Å². The zero-order valence-electron chi connectivity index (χ0n) is 16.0. The molecule has 3 aromatic carbocycles. The molecule has 32 heavy (non-hydrogen) atoms. The highest BCUT2D eigenvalue weighted by atomic mass is 19.4. The highest BCUT2D eigenvalue weighted by molar-refractivity contribution is 6.06. The lowest BCUT2D eigenvalue weighted by Gasteiger charge is -2.14. The second kappa shape index (κ2) is 10.7. The minimum Gasteiger partial charge on any atom is -0.427 e. The van der Waals surface area contributed by atoms with E-state index in [9.17, 15) is 37.3 Å². The number of hydrogen-bond donors (Lipinski definition) is 1. The van der Waals surface area contributed by atoms with Gasteiger partial charge in [-0.05, 0) is 36.4 Å². The number of ether oxygens (including phenoxy) is 1. The van der Waals surface area contributed by atoms with E-state index in [4.69, 9.17) is 0 Å². The van der Waals surface area contributed by atoms with Crippen LogP contribution in [0.15, 0.2) is 72.8 Å². The van der Waals surface area contributed by atoms with Crippen molar-refractivity contribution in [2.75, 3.05) is 5.32 Å². The number of nitrogens with zero attached hydrogens (tertiary/aromatic N) is 1. The van der Waals surface area contributed by atoms with Crippen molar-refractivity contribution in [1.82, 2.24) is 0 Å². The molecule has 0 fully saturated rings. The molecule has 0 heterocycles. The van der Waals surface area contributed by atoms with E-state index in [1.54, 1.807) is 18.2 Å². The Hall–Kier alpha value is -4.28. The van der Waals surface area contributed by atoms with E-state index in [0.717, 1.165) is 24.3 Å².